The van der Waals surface area contributed by atoms with E-state index in [0.717, 1.165) is 11.1 Å². The highest BCUT2D eigenvalue weighted by Gasteiger charge is 2.11. The minimum absolute atomic E-state index is 0.540. The van der Waals surface area contributed by atoms with Gasteiger partial charge in [0, 0.05) is 11.8 Å². The Kier molecular flexibility index (Phi) is 2.68. The molecule has 0 saturated heterocycles. The molecule has 2 rings (SSSR count). The van der Waals surface area contributed by atoms with Gasteiger partial charge < -0.3 is 15.2 Å². The smallest absolute Gasteiger partial charge is 0.183 e. The highest BCUT2D eigenvalue weighted by molar-refractivity contribution is 5.74. The highest BCUT2D eigenvalue weighted by Crippen LogP contribution is 2.37. The van der Waals surface area contributed by atoms with Gasteiger partial charge in [-0.25, -0.2) is 0 Å². The van der Waals surface area contributed by atoms with E-state index >= 15 is 0 Å². The molecular weight excluding hydrogens is 206 g/mol. The first-order valence-electron chi connectivity index (χ1n) is 4.77. The van der Waals surface area contributed by atoms with Crippen LogP contribution in [-0.2, 0) is 0 Å². The van der Waals surface area contributed by atoms with Crippen molar-refractivity contribution in [3.8, 4) is 22.6 Å². The maximum atomic E-state index is 5.88. The maximum absolute atomic E-state index is 5.88. The first kappa shape index (κ1) is 10.4. The monoisotopic (exact) mass is 219 g/mol. The molecule has 84 valence electrons. The summed E-state index contributed by atoms with van der Waals surface area (Å²) in [6.07, 6.45) is 3.52. The van der Waals surface area contributed by atoms with Crippen molar-refractivity contribution >= 4 is 5.69 Å². The zero-order valence-corrected chi connectivity index (χ0v) is 9.15. The number of ether oxygens (including phenoxy) is 2. The molecular formula is C11H13N3O2. The van der Waals surface area contributed by atoms with Gasteiger partial charge in [0.15, 0.2) is 11.5 Å². The summed E-state index contributed by atoms with van der Waals surface area (Å²) in [5.41, 5.74) is 8.30. The fraction of sp³-hybridized carbons (Fsp3) is 0.182. The van der Waals surface area contributed by atoms with Crippen LogP contribution in [0, 0.1) is 0 Å². The van der Waals surface area contributed by atoms with E-state index in [4.69, 9.17) is 15.2 Å². The summed E-state index contributed by atoms with van der Waals surface area (Å²) in [7, 11) is 3.14. The minimum atomic E-state index is 0.540. The molecule has 1 heterocycles. The zero-order chi connectivity index (χ0) is 11.5. The Hall–Kier alpha value is -2.17. The lowest BCUT2D eigenvalue weighted by molar-refractivity contribution is 0.356. The molecule has 0 amide bonds. The van der Waals surface area contributed by atoms with E-state index in [1.807, 2.05) is 12.1 Å². The lowest BCUT2D eigenvalue weighted by Crippen LogP contribution is -1.96. The molecule has 0 spiro atoms. The van der Waals surface area contributed by atoms with Crippen molar-refractivity contribution in [3.63, 3.8) is 0 Å². The van der Waals surface area contributed by atoms with Crippen LogP contribution in [0.25, 0.3) is 11.1 Å². The number of rotatable bonds is 3. The van der Waals surface area contributed by atoms with Gasteiger partial charge in [-0.05, 0) is 17.7 Å². The number of benzene rings is 1. The Bertz CT molecular complexity index is 480. The van der Waals surface area contributed by atoms with Gasteiger partial charge in [0.1, 0.15) is 0 Å². The topological polar surface area (TPSA) is 73.2 Å². The van der Waals surface area contributed by atoms with Crippen molar-refractivity contribution in [2.45, 2.75) is 0 Å². The Morgan fingerprint density at radius 1 is 1.19 bits per heavy atom. The summed E-state index contributed by atoms with van der Waals surface area (Å²) in [5, 5.41) is 6.64. The van der Waals surface area contributed by atoms with E-state index in [1.165, 1.54) is 0 Å². The van der Waals surface area contributed by atoms with Crippen LogP contribution in [0.3, 0.4) is 0 Å². The number of aromatic nitrogens is 2. The number of H-pyrrole nitrogens is 1. The molecule has 0 aliphatic rings. The number of hydrogen-bond acceptors (Lipinski definition) is 4. The van der Waals surface area contributed by atoms with E-state index in [0.29, 0.717) is 17.2 Å². The van der Waals surface area contributed by atoms with Crippen molar-refractivity contribution in [3.05, 3.63) is 24.5 Å². The van der Waals surface area contributed by atoms with E-state index < -0.39 is 0 Å². The molecule has 0 fully saturated rings. The minimum Gasteiger partial charge on any atom is -0.493 e. The second-order valence-corrected chi connectivity index (χ2v) is 3.29. The van der Waals surface area contributed by atoms with Crippen molar-refractivity contribution in [1.82, 2.24) is 10.2 Å². The second-order valence-electron chi connectivity index (χ2n) is 3.29. The molecule has 0 saturated carbocycles. The van der Waals surface area contributed by atoms with Gasteiger partial charge in [-0.3, -0.25) is 5.10 Å². The molecule has 0 aliphatic heterocycles. The molecule has 0 atom stereocenters. The molecule has 3 N–H and O–H groups in total. The van der Waals surface area contributed by atoms with Crippen LogP contribution in [0.15, 0.2) is 24.5 Å². The average molecular weight is 219 g/mol. The Morgan fingerprint density at radius 2 is 2.00 bits per heavy atom. The average Bonchev–Trinajstić information content (AvgIpc) is 2.81. The summed E-state index contributed by atoms with van der Waals surface area (Å²) in [6, 6.07) is 3.69. The number of anilines is 1. The van der Waals surface area contributed by atoms with Crippen LogP contribution in [-0.4, -0.2) is 24.4 Å². The van der Waals surface area contributed by atoms with Crippen molar-refractivity contribution < 1.29 is 9.47 Å². The molecule has 1 aromatic carbocycles. The zero-order valence-electron chi connectivity index (χ0n) is 9.15. The molecule has 5 nitrogen and oxygen atoms in total. The molecule has 0 aliphatic carbocycles. The molecule has 0 bridgehead atoms. The summed E-state index contributed by atoms with van der Waals surface area (Å²) in [5.74, 6) is 1.16. The van der Waals surface area contributed by atoms with Crippen LogP contribution in [0.2, 0.25) is 0 Å². The number of nitrogens with zero attached hydrogens (tertiary/aromatic N) is 1. The van der Waals surface area contributed by atoms with Gasteiger partial charge in [0.25, 0.3) is 0 Å². The van der Waals surface area contributed by atoms with Gasteiger partial charge in [-0.2, -0.15) is 5.10 Å². The van der Waals surface area contributed by atoms with Crippen molar-refractivity contribution in [1.29, 1.82) is 0 Å². The second kappa shape index (κ2) is 4.14. The third-order valence-corrected chi connectivity index (χ3v) is 2.34. The first-order chi connectivity index (χ1) is 7.76. The van der Waals surface area contributed by atoms with Gasteiger partial charge >= 0.3 is 0 Å². The fourth-order valence-electron chi connectivity index (χ4n) is 1.57. The first-order valence-corrected chi connectivity index (χ1v) is 4.77. The predicted octanol–water partition coefficient (Wildman–Crippen LogP) is 1.68. The quantitative estimate of drug-likeness (QED) is 0.770. The maximum Gasteiger partial charge on any atom is 0.183 e. The van der Waals surface area contributed by atoms with Crippen LogP contribution in [0.5, 0.6) is 11.5 Å². The van der Waals surface area contributed by atoms with E-state index in [9.17, 15) is 0 Å². The summed E-state index contributed by atoms with van der Waals surface area (Å²) in [6.45, 7) is 0. The number of methoxy groups -OCH3 is 2. The third-order valence-electron chi connectivity index (χ3n) is 2.34. The van der Waals surface area contributed by atoms with Crippen molar-refractivity contribution in [2.75, 3.05) is 20.0 Å². The fourth-order valence-corrected chi connectivity index (χ4v) is 1.57. The van der Waals surface area contributed by atoms with Crippen LogP contribution >= 0.6 is 0 Å². The van der Waals surface area contributed by atoms with Crippen LogP contribution in [0.1, 0.15) is 0 Å². The van der Waals surface area contributed by atoms with E-state index in [-0.39, 0.29) is 0 Å². The highest BCUT2D eigenvalue weighted by atomic mass is 16.5. The lowest BCUT2D eigenvalue weighted by atomic mass is 10.1. The summed E-state index contributed by atoms with van der Waals surface area (Å²) >= 11 is 0. The molecule has 0 radical (unpaired) electrons. The summed E-state index contributed by atoms with van der Waals surface area (Å²) in [4.78, 5) is 0. The van der Waals surface area contributed by atoms with Gasteiger partial charge in [0.2, 0.25) is 0 Å². The Labute approximate surface area is 93.2 Å². The molecule has 0 unspecified atom stereocenters. The Balaban J connectivity index is 2.54. The molecule has 5 heteroatoms. The van der Waals surface area contributed by atoms with E-state index in [2.05, 4.69) is 10.2 Å². The largest absolute Gasteiger partial charge is 0.493 e. The van der Waals surface area contributed by atoms with E-state index in [1.54, 1.807) is 26.6 Å². The number of hydrogen-bond donors (Lipinski definition) is 2. The summed E-state index contributed by atoms with van der Waals surface area (Å²) < 4.78 is 10.4. The number of aromatic amines is 1. The van der Waals surface area contributed by atoms with Gasteiger partial charge in [0.05, 0.1) is 26.1 Å². The molecule has 2 aromatic rings. The third kappa shape index (κ3) is 1.67. The van der Waals surface area contributed by atoms with Crippen molar-refractivity contribution in [2.24, 2.45) is 0 Å². The molecule has 16 heavy (non-hydrogen) atoms. The number of nitrogens with two attached hydrogens (primary N) is 1. The SMILES string of the molecule is COc1cc(-c2cn[nH]c2)cc(N)c1OC. The lowest BCUT2D eigenvalue weighted by Gasteiger charge is -2.11. The van der Waals surface area contributed by atoms with Gasteiger partial charge in [-0.1, -0.05) is 0 Å². The normalized spacial score (nSPS) is 10.1. The van der Waals surface area contributed by atoms with Crippen LogP contribution < -0.4 is 15.2 Å². The molecule has 1 aromatic heterocycles. The Morgan fingerprint density at radius 3 is 2.56 bits per heavy atom. The van der Waals surface area contributed by atoms with Crippen LogP contribution in [0.4, 0.5) is 5.69 Å². The van der Waals surface area contributed by atoms with Gasteiger partial charge in [-0.15, -0.1) is 0 Å². The number of nitrogens with one attached hydrogen (secondary N) is 1. The standard InChI is InChI=1S/C11H13N3O2/c1-15-10-4-7(8-5-13-14-6-8)3-9(12)11(10)16-2/h3-6H,12H2,1-2H3,(H,13,14). The predicted molar refractivity (Wildman–Crippen MR) is 61.5 cm³/mol. The number of nitrogen functional groups attached to an aromatic ring is 1.